The van der Waals surface area contributed by atoms with Crippen molar-refractivity contribution >= 4 is 17.4 Å². The maximum Gasteiger partial charge on any atom is 0.131 e. The van der Waals surface area contributed by atoms with Crippen LogP contribution in [0.3, 0.4) is 0 Å². The lowest BCUT2D eigenvalue weighted by Crippen LogP contribution is -2.28. The quantitative estimate of drug-likeness (QED) is 0.857. The fourth-order valence-corrected chi connectivity index (χ4v) is 2.95. The zero-order valence-corrected chi connectivity index (χ0v) is 12.8. The number of pyridine rings is 1. The van der Waals surface area contributed by atoms with E-state index in [1.165, 1.54) is 5.56 Å². The average Bonchev–Trinajstić information content (AvgIpc) is 2.94. The number of nitrogens with one attached hydrogen (secondary N) is 1. The van der Waals surface area contributed by atoms with Gasteiger partial charge in [0.15, 0.2) is 0 Å². The van der Waals surface area contributed by atoms with Gasteiger partial charge in [-0.15, -0.1) is 0 Å². The molecule has 21 heavy (non-hydrogen) atoms. The molecule has 1 atom stereocenters. The molecule has 1 fully saturated rings. The summed E-state index contributed by atoms with van der Waals surface area (Å²) in [6.07, 6.45) is 2.27. The van der Waals surface area contributed by atoms with Gasteiger partial charge in [0.2, 0.25) is 0 Å². The van der Waals surface area contributed by atoms with Crippen molar-refractivity contribution in [2.24, 2.45) is 0 Å². The second-order valence-electron chi connectivity index (χ2n) is 5.51. The van der Waals surface area contributed by atoms with Crippen LogP contribution in [-0.2, 0) is 6.42 Å². The van der Waals surface area contributed by atoms with E-state index in [1.807, 2.05) is 12.1 Å². The van der Waals surface area contributed by atoms with Gasteiger partial charge < -0.3 is 10.2 Å². The van der Waals surface area contributed by atoms with E-state index in [2.05, 4.69) is 45.5 Å². The van der Waals surface area contributed by atoms with E-state index in [0.29, 0.717) is 11.2 Å². The monoisotopic (exact) mass is 301 g/mol. The molecule has 1 N–H and O–H groups in total. The number of benzene rings is 1. The minimum atomic E-state index is 0.465. The van der Waals surface area contributed by atoms with Gasteiger partial charge in [0, 0.05) is 25.7 Å². The van der Waals surface area contributed by atoms with Crippen molar-refractivity contribution in [1.82, 2.24) is 9.88 Å². The Kier molecular flexibility index (Phi) is 4.73. The molecule has 1 aromatic heterocycles. The lowest BCUT2D eigenvalue weighted by atomic mass is 10.1. The van der Waals surface area contributed by atoms with Crippen LogP contribution in [0.25, 0.3) is 0 Å². The Labute approximate surface area is 131 Å². The summed E-state index contributed by atoms with van der Waals surface area (Å²) in [5, 5.41) is 4.01. The van der Waals surface area contributed by atoms with E-state index < -0.39 is 0 Å². The van der Waals surface area contributed by atoms with Gasteiger partial charge in [-0.3, -0.25) is 0 Å². The van der Waals surface area contributed by atoms with Crippen molar-refractivity contribution in [2.75, 3.05) is 25.0 Å². The van der Waals surface area contributed by atoms with Crippen molar-refractivity contribution in [3.05, 3.63) is 59.2 Å². The Morgan fingerprint density at radius 2 is 2.00 bits per heavy atom. The number of halogens is 1. The highest BCUT2D eigenvalue weighted by Gasteiger charge is 2.22. The Balaban J connectivity index is 1.47. The maximum absolute atomic E-state index is 5.92. The van der Waals surface area contributed by atoms with E-state index in [4.69, 9.17) is 11.6 Å². The molecule has 1 aliphatic heterocycles. The van der Waals surface area contributed by atoms with Gasteiger partial charge in [0.05, 0.1) is 0 Å². The molecule has 0 spiro atoms. The molecule has 110 valence electrons. The molecule has 3 nitrogen and oxygen atoms in total. The van der Waals surface area contributed by atoms with Crippen LogP contribution in [0.5, 0.6) is 0 Å². The van der Waals surface area contributed by atoms with E-state index >= 15 is 0 Å². The zero-order chi connectivity index (χ0) is 14.5. The van der Waals surface area contributed by atoms with E-state index in [-0.39, 0.29) is 0 Å². The zero-order valence-electron chi connectivity index (χ0n) is 12.0. The largest absolute Gasteiger partial charge is 0.366 e. The molecule has 0 saturated carbocycles. The summed E-state index contributed by atoms with van der Waals surface area (Å²) in [6, 6.07) is 16.8. The molecule has 1 unspecified atom stereocenters. The summed E-state index contributed by atoms with van der Waals surface area (Å²) in [4.78, 5) is 6.80. The van der Waals surface area contributed by atoms with Gasteiger partial charge in [-0.1, -0.05) is 48.0 Å². The smallest absolute Gasteiger partial charge is 0.131 e. The third kappa shape index (κ3) is 4.19. The van der Waals surface area contributed by atoms with Gasteiger partial charge >= 0.3 is 0 Å². The normalized spacial score (nSPS) is 18.8. The van der Waals surface area contributed by atoms with E-state index in [1.54, 1.807) is 6.07 Å². The van der Waals surface area contributed by atoms with Crippen LogP contribution in [0.1, 0.15) is 12.0 Å². The first-order valence-corrected chi connectivity index (χ1v) is 7.83. The van der Waals surface area contributed by atoms with Crippen molar-refractivity contribution < 1.29 is 0 Å². The minimum Gasteiger partial charge on any atom is -0.366 e. The minimum absolute atomic E-state index is 0.465. The maximum atomic E-state index is 5.92. The van der Waals surface area contributed by atoms with Crippen molar-refractivity contribution in [3.63, 3.8) is 0 Å². The van der Waals surface area contributed by atoms with Crippen LogP contribution in [0.15, 0.2) is 48.5 Å². The molecule has 0 amide bonds. The second-order valence-corrected chi connectivity index (χ2v) is 5.90. The molecular weight excluding hydrogens is 282 g/mol. The molecule has 0 aliphatic carbocycles. The first kappa shape index (κ1) is 14.4. The van der Waals surface area contributed by atoms with Crippen LogP contribution >= 0.6 is 11.6 Å². The number of likely N-dealkylation sites (tertiary alicyclic amines) is 1. The molecule has 0 radical (unpaired) electrons. The van der Waals surface area contributed by atoms with E-state index in [9.17, 15) is 0 Å². The van der Waals surface area contributed by atoms with Crippen LogP contribution in [-0.4, -0.2) is 35.6 Å². The number of rotatable bonds is 5. The van der Waals surface area contributed by atoms with Crippen LogP contribution in [0.2, 0.25) is 5.15 Å². The molecular formula is C17H20ClN3. The van der Waals surface area contributed by atoms with Crippen LogP contribution in [0, 0.1) is 0 Å². The average molecular weight is 302 g/mol. The predicted octanol–water partition coefficient (Wildman–Crippen LogP) is 3.46. The molecule has 1 saturated heterocycles. The number of nitrogens with zero attached hydrogens (tertiary/aromatic N) is 2. The molecule has 2 heterocycles. The standard InChI is InChI=1S/C17H20ClN3/c18-16-7-4-8-17(20-16)19-15-10-12-21(13-15)11-9-14-5-2-1-3-6-14/h1-8,15H,9-13H2,(H,19,20). The fraction of sp³-hybridized carbons (Fsp3) is 0.353. The lowest BCUT2D eigenvalue weighted by molar-refractivity contribution is 0.340. The molecule has 2 aromatic rings. The summed E-state index contributed by atoms with van der Waals surface area (Å²) in [5.41, 5.74) is 1.41. The highest BCUT2D eigenvalue weighted by atomic mass is 35.5. The number of anilines is 1. The molecule has 0 bridgehead atoms. The SMILES string of the molecule is Clc1cccc(NC2CCN(CCc3ccccc3)C2)n1. The highest BCUT2D eigenvalue weighted by molar-refractivity contribution is 6.29. The predicted molar refractivity (Wildman–Crippen MR) is 87.9 cm³/mol. The first-order chi connectivity index (χ1) is 10.3. The second kappa shape index (κ2) is 6.92. The van der Waals surface area contributed by atoms with Crippen LogP contribution < -0.4 is 5.32 Å². The Morgan fingerprint density at radius 1 is 1.14 bits per heavy atom. The third-order valence-electron chi connectivity index (χ3n) is 3.90. The molecule has 4 heteroatoms. The van der Waals surface area contributed by atoms with Crippen molar-refractivity contribution in [3.8, 4) is 0 Å². The summed E-state index contributed by atoms with van der Waals surface area (Å²) >= 11 is 5.92. The molecule has 1 aliphatic rings. The van der Waals surface area contributed by atoms with Crippen molar-refractivity contribution in [2.45, 2.75) is 18.9 Å². The summed E-state index contributed by atoms with van der Waals surface area (Å²) in [6.45, 7) is 3.33. The third-order valence-corrected chi connectivity index (χ3v) is 4.11. The van der Waals surface area contributed by atoms with Crippen LogP contribution in [0.4, 0.5) is 5.82 Å². The first-order valence-electron chi connectivity index (χ1n) is 7.45. The Hall–Kier alpha value is -1.58. The topological polar surface area (TPSA) is 28.2 Å². The Morgan fingerprint density at radius 3 is 2.81 bits per heavy atom. The summed E-state index contributed by atoms with van der Waals surface area (Å²) < 4.78 is 0. The van der Waals surface area contributed by atoms with Gasteiger partial charge in [-0.25, -0.2) is 4.98 Å². The van der Waals surface area contributed by atoms with Crippen molar-refractivity contribution in [1.29, 1.82) is 0 Å². The summed E-state index contributed by atoms with van der Waals surface area (Å²) in [5.74, 6) is 0.873. The van der Waals surface area contributed by atoms with Gasteiger partial charge in [0.1, 0.15) is 11.0 Å². The van der Waals surface area contributed by atoms with Gasteiger partial charge in [-0.05, 0) is 30.5 Å². The van der Waals surface area contributed by atoms with E-state index in [0.717, 1.165) is 38.3 Å². The number of hydrogen-bond acceptors (Lipinski definition) is 3. The lowest BCUT2D eigenvalue weighted by Gasteiger charge is -2.17. The molecule has 3 rings (SSSR count). The van der Waals surface area contributed by atoms with Gasteiger partial charge in [-0.2, -0.15) is 0 Å². The Bertz CT molecular complexity index is 573. The van der Waals surface area contributed by atoms with Gasteiger partial charge in [0.25, 0.3) is 0 Å². The fourth-order valence-electron chi connectivity index (χ4n) is 2.78. The highest BCUT2D eigenvalue weighted by Crippen LogP contribution is 2.16. The molecule has 1 aromatic carbocycles. The number of hydrogen-bond donors (Lipinski definition) is 1. The number of aromatic nitrogens is 1. The summed E-state index contributed by atoms with van der Waals surface area (Å²) in [7, 11) is 0.